The number of urea groups is 1. The number of hydrogen-bond acceptors (Lipinski definition) is 4. The van der Waals surface area contributed by atoms with Gasteiger partial charge in [0, 0.05) is 12.2 Å². The van der Waals surface area contributed by atoms with Crippen LogP contribution in [0.4, 0.5) is 4.79 Å². The smallest absolute Gasteiger partial charge is 0.331 e. The van der Waals surface area contributed by atoms with Crippen molar-refractivity contribution < 1.29 is 19.1 Å². The lowest BCUT2D eigenvalue weighted by atomic mass is 9.68. The Morgan fingerprint density at radius 2 is 1.62 bits per heavy atom. The Morgan fingerprint density at radius 3 is 2.21 bits per heavy atom. The zero-order valence-electron chi connectivity index (χ0n) is 24.0. The molecule has 3 aliphatic rings. The van der Waals surface area contributed by atoms with Gasteiger partial charge in [-0.15, -0.1) is 0 Å². The van der Waals surface area contributed by atoms with Crippen LogP contribution in [0.2, 0.25) is 0 Å². The van der Waals surface area contributed by atoms with Gasteiger partial charge in [0.25, 0.3) is 0 Å². The van der Waals surface area contributed by atoms with E-state index in [1.165, 1.54) is 16.0 Å². The molecule has 0 N–H and O–H groups in total. The Bertz CT molecular complexity index is 1320. The predicted octanol–water partition coefficient (Wildman–Crippen LogP) is 6.71. The third kappa shape index (κ3) is 4.75. The molecule has 6 nitrogen and oxygen atoms in total. The first-order valence-corrected chi connectivity index (χ1v) is 13.9. The van der Waals surface area contributed by atoms with Crippen LogP contribution < -0.4 is 9.47 Å². The summed E-state index contributed by atoms with van der Waals surface area (Å²) in [5.41, 5.74) is 4.75. The molecular weight excluding hydrogens is 488 g/mol. The highest BCUT2D eigenvalue weighted by Gasteiger charge is 2.61. The van der Waals surface area contributed by atoms with Gasteiger partial charge in [-0.25, -0.2) is 4.79 Å². The first kappa shape index (κ1) is 27.0. The van der Waals surface area contributed by atoms with Gasteiger partial charge in [-0.05, 0) is 84.9 Å². The Hall–Kier alpha value is -3.54. The number of ether oxygens (including phenoxy) is 2. The number of carbonyl (C=O) groups is 2. The van der Waals surface area contributed by atoms with E-state index in [0.29, 0.717) is 6.54 Å². The molecule has 206 valence electrons. The maximum absolute atomic E-state index is 14.2. The zero-order valence-corrected chi connectivity index (χ0v) is 24.0. The van der Waals surface area contributed by atoms with Crippen molar-refractivity contribution in [2.75, 3.05) is 27.3 Å². The highest BCUT2D eigenvalue weighted by atomic mass is 16.5. The number of hydrogen-bond donors (Lipinski definition) is 0. The second-order valence-corrected chi connectivity index (χ2v) is 12.1. The van der Waals surface area contributed by atoms with Crippen molar-refractivity contribution in [3.05, 3.63) is 76.5 Å². The molecule has 0 unspecified atom stereocenters. The molecule has 2 atom stereocenters. The van der Waals surface area contributed by atoms with Crippen molar-refractivity contribution in [1.29, 1.82) is 0 Å². The predicted molar refractivity (Wildman–Crippen MR) is 153 cm³/mol. The Morgan fingerprint density at radius 1 is 1.00 bits per heavy atom. The molecule has 0 saturated carbocycles. The molecule has 6 heteroatoms. The third-order valence-corrected chi connectivity index (χ3v) is 8.83. The van der Waals surface area contributed by atoms with Crippen molar-refractivity contribution >= 4 is 18.0 Å². The van der Waals surface area contributed by atoms with Crippen LogP contribution >= 0.6 is 0 Å². The molecule has 0 bridgehead atoms. The van der Waals surface area contributed by atoms with Crippen LogP contribution in [0.3, 0.4) is 0 Å². The fraction of sp³-hybridized carbons (Fsp3) is 0.455. The van der Waals surface area contributed by atoms with E-state index in [1.807, 2.05) is 54.3 Å². The van der Waals surface area contributed by atoms with Gasteiger partial charge < -0.3 is 9.47 Å². The molecule has 1 fully saturated rings. The molecule has 2 heterocycles. The minimum absolute atomic E-state index is 0.0370. The zero-order chi connectivity index (χ0) is 27.9. The van der Waals surface area contributed by atoms with Gasteiger partial charge in [-0.1, -0.05) is 56.7 Å². The van der Waals surface area contributed by atoms with E-state index in [2.05, 4.69) is 32.9 Å². The quantitative estimate of drug-likeness (QED) is 0.382. The Labute approximate surface area is 232 Å². The molecular formula is C33H40N2O4. The maximum Gasteiger partial charge on any atom is 0.331 e. The lowest BCUT2D eigenvalue weighted by Crippen LogP contribution is -2.63. The van der Waals surface area contributed by atoms with Crippen LogP contribution in [0.15, 0.2) is 65.4 Å². The van der Waals surface area contributed by atoms with Gasteiger partial charge in [-0.3, -0.25) is 14.6 Å². The van der Waals surface area contributed by atoms with Crippen LogP contribution in [0.5, 0.6) is 11.5 Å². The summed E-state index contributed by atoms with van der Waals surface area (Å²) in [6, 6.07) is 15.8. The van der Waals surface area contributed by atoms with Crippen LogP contribution in [0, 0.1) is 16.7 Å². The summed E-state index contributed by atoms with van der Waals surface area (Å²) in [5, 5.41) is 0. The molecule has 1 aliphatic carbocycles. The summed E-state index contributed by atoms with van der Waals surface area (Å²) in [5.74, 6) is 1.70. The van der Waals surface area contributed by atoms with Crippen molar-refractivity contribution in [3.8, 4) is 11.5 Å². The molecule has 3 amide bonds. The van der Waals surface area contributed by atoms with Gasteiger partial charge in [0.2, 0.25) is 5.91 Å². The summed E-state index contributed by atoms with van der Waals surface area (Å²) >= 11 is 0. The van der Waals surface area contributed by atoms with E-state index < -0.39 is 5.41 Å². The van der Waals surface area contributed by atoms with Crippen molar-refractivity contribution in [3.63, 3.8) is 0 Å². The first-order valence-electron chi connectivity index (χ1n) is 13.9. The minimum atomic E-state index is -0.634. The number of allylic oxidation sites excluding steroid dienone is 1. The molecule has 0 spiro atoms. The summed E-state index contributed by atoms with van der Waals surface area (Å²) in [6.45, 7) is 9.42. The largest absolute Gasteiger partial charge is 0.497 e. The fourth-order valence-electron chi connectivity index (χ4n) is 6.96. The number of benzene rings is 2. The molecule has 1 saturated heterocycles. The number of methoxy groups -OCH3 is 2. The molecule has 2 aromatic rings. The Balaban J connectivity index is 1.46. The molecule has 0 radical (unpaired) electrons. The maximum atomic E-state index is 14.2. The van der Waals surface area contributed by atoms with Gasteiger partial charge in [0.15, 0.2) is 0 Å². The van der Waals surface area contributed by atoms with Gasteiger partial charge >= 0.3 is 6.03 Å². The van der Waals surface area contributed by atoms with E-state index >= 15 is 0 Å². The van der Waals surface area contributed by atoms with E-state index in [-0.39, 0.29) is 29.8 Å². The van der Waals surface area contributed by atoms with Crippen molar-refractivity contribution in [1.82, 2.24) is 9.80 Å². The summed E-state index contributed by atoms with van der Waals surface area (Å²) in [4.78, 5) is 31.8. The van der Waals surface area contributed by atoms with E-state index in [9.17, 15) is 9.59 Å². The normalized spacial score (nSPS) is 24.9. The number of imide groups is 1. The van der Waals surface area contributed by atoms with Gasteiger partial charge in [0.1, 0.15) is 11.5 Å². The lowest BCUT2D eigenvalue weighted by molar-refractivity contribution is -0.143. The average molecular weight is 529 g/mol. The average Bonchev–Trinajstić information content (AvgIpc) is 3.31. The van der Waals surface area contributed by atoms with Crippen molar-refractivity contribution in [2.45, 2.75) is 53.4 Å². The van der Waals surface area contributed by atoms with Crippen LogP contribution in [-0.2, 0) is 11.2 Å². The van der Waals surface area contributed by atoms with Gasteiger partial charge in [-0.2, -0.15) is 0 Å². The minimum Gasteiger partial charge on any atom is -0.497 e. The number of amides is 3. The van der Waals surface area contributed by atoms with Crippen LogP contribution in [0.25, 0.3) is 6.08 Å². The van der Waals surface area contributed by atoms with E-state index in [1.54, 1.807) is 14.2 Å². The van der Waals surface area contributed by atoms with Crippen LogP contribution in [0.1, 0.15) is 58.1 Å². The fourth-order valence-corrected chi connectivity index (χ4v) is 6.96. The van der Waals surface area contributed by atoms with Crippen LogP contribution in [-0.4, -0.2) is 49.0 Å². The number of rotatable bonds is 8. The second-order valence-electron chi connectivity index (χ2n) is 12.1. The van der Waals surface area contributed by atoms with E-state index in [4.69, 9.17) is 9.47 Å². The standard InChI is InChI=1S/C33H40N2O4/c1-22(2)33-16-15-26-19-32(4,18-25-9-13-28(39-6)14-10-25)21-35(29(26)33)31(37)34(30(33)36)20-23(3)17-24-7-11-27(38-5)12-8-24/h7-14,17,22H,15-16,18-21H2,1-6H3/b23-17+/t32-,33+/m0/s1. The second kappa shape index (κ2) is 10.2. The topological polar surface area (TPSA) is 59.1 Å². The van der Waals surface area contributed by atoms with Crippen molar-refractivity contribution in [2.24, 2.45) is 16.7 Å². The first-order chi connectivity index (χ1) is 18.6. The molecule has 5 rings (SSSR count). The molecule has 0 aromatic heterocycles. The molecule has 39 heavy (non-hydrogen) atoms. The monoisotopic (exact) mass is 528 g/mol. The number of carbonyl (C=O) groups excluding carboxylic acids is 2. The summed E-state index contributed by atoms with van der Waals surface area (Å²) in [6.07, 6.45) is 5.45. The highest BCUT2D eigenvalue weighted by molar-refractivity contribution is 6.04. The SMILES string of the molecule is COc1ccc(/C=C(\C)CN2C(=O)N3C[C@@](C)(Cc4ccc(OC)cc4)CC4=C3[C@](C(C)C)(CC4)C2=O)cc1. The highest BCUT2D eigenvalue weighted by Crippen LogP contribution is 2.58. The number of nitrogens with zero attached hydrogens (tertiary/aromatic N) is 2. The molecule has 2 aromatic carbocycles. The van der Waals surface area contributed by atoms with E-state index in [0.717, 1.165) is 54.0 Å². The lowest BCUT2D eigenvalue weighted by Gasteiger charge is -2.52. The van der Waals surface area contributed by atoms with Gasteiger partial charge in [0.05, 0.1) is 26.2 Å². The summed E-state index contributed by atoms with van der Waals surface area (Å²) < 4.78 is 10.6. The Kier molecular flexibility index (Phi) is 7.08. The third-order valence-electron chi connectivity index (χ3n) is 8.83. The molecule has 2 aliphatic heterocycles. The summed E-state index contributed by atoms with van der Waals surface area (Å²) in [7, 11) is 3.32.